The number of pyridine rings is 1. The minimum absolute atomic E-state index is 0.0261. The first-order valence-electron chi connectivity index (χ1n) is 8.66. The SMILES string of the molecule is COc1cc(NC(=O)NS(=O)(=O)Nc2ccccc2C(=O)C2CC2)nc(OC)c1. The summed E-state index contributed by atoms with van der Waals surface area (Å²) in [5.41, 5.74) is 0.367. The molecule has 1 saturated carbocycles. The molecule has 1 aliphatic carbocycles. The van der Waals surface area contributed by atoms with Crippen molar-refractivity contribution >= 4 is 33.5 Å². The quantitative estimate of drug-likeness (QED) is 0.557. The molecule has 0 bridgehead atoms. The average molecular weight is 420 g/mol. The van der Waals surface area contributed by atoms with Gasteiger partial charge in [0.2, 0.25) is 5.88 Å². The first kappa shape index (κ1) is 20.4. The number of aromatic nitrogens is 1. The highest BCUT2D eigenvalue weighted by Gasteiger charge is 2.32. The third kappa shape index (κ3) is 5.35. The number of amides is 2. The van der Waals surface area contributed by atoms with E-state index in [9.17, 15) is 18.0 Å². The van der Waals surface area contributed by atoms with E-state index in [-0.39, 0.29) is 34.6 Å². The number of methoxy groups -OCH3 is 2. The first-order valence-corrected chi connectivity index (χ1v) is 10.1. The third-order valence-electron chi connectivity index (χ3n) is 4.07. The summed E-state index contributed by atoms with van der Waals surface area (Å²) in [5.74, 6) is 0.360. The highest BCUT2D eigenvalue weighted by atomic mass is 32.2. The highest BCUT2D eigenvalue weighted by molar-refractivity contribution is 7.91. The number of ether oxygens (including phenoxy) is 2. The molecular weight excluding hydrogens is 400 g/mol. The lowest BCUT2D eigenvalue weighted by atomic mass is 10.1. The second-order valence-corrected chi connectivity index (χ2v) is 7.70. The summed E-state index contributed by atoms with van der Waals surface area (Å²) in [6.07, 6.45) is 1.58. The van der Waals surface area contributed by atoms with Crippen LogP contribution in [0, 0.1) is 5.92 Å². The van der Waals surface area contributed by atoms with E-state index in [4.69, 9.17) is 9.47 Å². The summed E-state index contributed by atoms with van der Waals surface area (Å²) in [7, 11) is -1.49. The number of rotatable bonds is 8. The molecule has 1 aromatic heterocycles. The van der Waals surface area contributed by atoms with Crippen LogP contribution in [-0.4, -0.2) is 39.4 Å². The molecule has 2 aromatic rings. The van der Waals surface area contributed by atoms with Crippen molar-refractivity contribution < 1.29 is 27.5 Å². The standard InChI is InChI=1S/C18H20N4O6S/c1-27-12-9-15(19-16(10-12)28-2)20-18(24)22-29(25,26)21-14-6-4-3-5-13(14)17(23)11-7-8-11/h3-6,9-11,21H,7-8H2,1-2H3,(H2,19,20,22,24). The Morgan fingerprint density at radius 2 is 1.83 bits per heavy atom. The van der Waals surface area contributed by atoms with Gasteiger partial charge in [0.25, 0.3) is 0 Å². The van der Waals surface area contributed by atoms with E-state index >= 15 is 0 Å². The van der Waals surface area contributed by atoms with E-state index in [1.165, 1.54) is 32.4 Å². The van der Waals surface area contributed by atoms with Crippen LogP contribution >= 0.6 is 0 Å². The van der Waals surface area contributed by atoms with Crippen LogP contribution in [0.2, 0.25) is 0 Å². The molecule has 0 spiro atoms. The number of hydrogen-bond donors (Lipinski definition) is 3. The van der Waals surface area contributed by atoms with E-state index in [0.29, 0.717) is 5.75 Å². The molecule has 0 saturated heterocycles. The monoisotopic (exact) mass is 420 g/mol. The molecule has 2 amide bonds. The Bertz CT molecular complexity index is 1010. The lowest BCUT2D eigenvalue weighted by Gasteiger charge is -2.13. The maximum Gasteiger partial charge on any atom is 0.335 e. The summed E-state index contributed by atoms with van der Waals surface area (Å²) >= 11 is 0. The van der Waals surface area contributed by atoms with Gasteiger partial charge in [0.15, 0.2) is 5.78 Å². The van der Waals surface area contributed by atoms with E-state index in [1.807, 2.05) is 4.72 Å². The van der Waals surface area contributed by atoms with Gasteiger partial charge in [0, 0.05) is 23.6 Å². The number of urea groups is 1. The number of carbonyl (C=O) groups excluding carboxylic acids is 2. The number of anilines is 2. The van der Waals surface area contributed by atoms with Gasteiger partial charge in [-0.1, -0.05) is 12.1 Å². The fourth-order valence-corrected chi connectivity index (χ4v) is 3.37. The van der Waals surface area contributed by atoms with Crippen molar-refractivity contribution in [2.24, 2.45) is 5.92 Å². The first-order chi connectivity index (χ1) is 13.8. The summed E-state index contributed by atoms with van der Waals surface area (Å²) in [4.78, 5) is 28.4. The zero-order valence-corrected chi connectivity index (χ0v) is 16.6. The van der Waals surface area contributed by atoms with Gasteiger partial charge in [-0.15, -0.1) is 0 Å². The van der Waals surface area contributed by atoms with Crippen molar-refractivity contribution in [1.29, 1.82) is 0 Å². The molecule has 3 N–H and O–H groups in total. The van der Waals surface area contributed by atoms with Crippen LogP contribution in [0.5, 0.6) is 11.6 Å². The molecule has 0 aliphatic heterocycles. The van der Waals surface area contributed by atoms with Gasteiger partial charge in [0.1, 0.15) is 11.6 Å². The summed E-state index contributed by atoms with van der Waals surface area (Å²) < 4.78 is 38.8. The van der Waals surface area contributed by atoms with Gasteiger partial charge in [-0.25, -0.2) is 9.52 Å². The fraction of sp³-hybridized carbons (Fsp3) is 0.278. The van der Waals surface area contributed by atoms with E-state index in [0.717, 1.165) is 12.8 Å². The molecule has 1 heterocycles. The number of para-hydroxylation sites is 1. The van der Waals surface area contributed by atoms with Gasteiger partial charge in [-0.05, 0) is 25.0 Å². The fourth-order valence-electron chi connectivity index (χ4n) is 2.55. The van der Waals surface area contributed by atoms with Crippen molar-refractivity contribution in [1.82, 2.24) is 9.71 Å². The summed E-state index contributed by atoms with van der Waals surface area (Å²) in [6, 6.07) is 8.09. The minimum Gasteiger partial charge on any atom is -0.496 e. The van der Waals surface area contributed by atoms with E-state index < -0.39 is 16.2 Å². The van der Waals surface area contributed by atoms with Crippen LogP contribution in [-0.2, 0) is 10.2 Å². The number of benzene rings is 1. The Balaban J connectivity index is 1.70. The Morgan fingerprint density at radius 1 is 1.10 bits per heavy atom. The molecule has 0 atom stereocenters. The minimum atomic E-state index is -4.30. The Hall–Kier alpha value is -3.34. The van der Waals surface area contributed by atoms with Crippen LogP contribution in [0.25, 0.3) is 0 Å². The molecule has 1 aromatic carbocycles. The maximum absolute atomic E-state index is 12.3. The van der Waals surface area contributed by atoms with Crippen molar-refractivity contribution in [3.63, 3.8) is 0 Å². The summed E-state index contributed by atoms with van der Waals surface area (Å²) in [6.45, 7) is 0. The van der Waals surface area contributed by atoms with Gasteiger partial charge >= 0.3 is 16.2 Å². The molecule has 11 heteroatoms. The largest absolute Gasteiger partial charge is 0.496 e. The average Bonchev–Trinajstić information content (AvgIpc) is 3.51. The van der Waals surface area contributed by atoms with Crippen LogP contribution in [0.15, 0.2) is 36.4 Å². The molecule has 0 radical (unpaired) electrons. The van der Waals surface area contributed by atoms with Crippen molar-refractivity contribution in [3.8, 4) is 11.6 Å². The molecule has 3 rings (SSSR count). The molecular formula is C18H20N4O6S. The predicted molar refractivity (Wildman–Crippen MR) is 106 cm³/mol. The molecule has 29 heavy (non-hydrogen) atoms. The second kappa shape index (κ2) is 8.35. The topological polar surface area (TPSA) is 136 Å². The number of Topliss-reactive ketones (excluding diaryl/α,β-unsaturated/α-hetero) is 1. The maximum atomic E-state index is 12.3. The lowest BCUT2D eigenvalue weighted by Crippen LogP contribution is -2.38. The number of nitrogens with one attached hydrogen (secondary N) is 3. The van der Waals surface area contributed by atoms with Crippen LogP contribution in [0.3, 0.4) is 0 Å². The normalized spacial score (nSPS) is 13.3. The number of hydrogen-bond acceptors (Lipinski definition) is 7. The number of ketones is 1. The number of nitrogens with zero attached hydrogens (tertiary/aromatic N) is 1. The van der Waals surface area contributed by atoms with Crippen molar-refractivity contribution in [3.05, 3.63) is 42.0 Å². The van der Waals surface area contributed by atoms with Crippen molar-refractivity contribution in [2.45, 2.75) is 12.8 Å². The van der Waals surface area contributed by atoms with E-state index in [1.54, 1.807) is 18.2 Å². The predicted octanol–water partition coefficient (Wildman–Crippen LogP) is 2.17. The van der Waals surface area contributed by atoms with Crippen molar-refractivity contribution in [2.75, 3.05) is 24.3 Å². The van der Waals surface area contributed by atoms with E-state index in [2.05, 4.69) is 15.0 Å². The summed E-state index contributed by atoms with van der Waals surface area (Å²) in [5, 5.41) is 2.29. The molecule has 1 aliphatic rings. The Kier molecular flexibility index (Phi) is 5.87. The third-order valence-corrected chi connectivity index (χ3v) is 5.02. The molecule has 1 fully saturated rings. The van der Waals surface area contributed by atoms with Gasteiger partial charge < -0.3 is 9.47 Å². The zero-order chi connectivity index (χ0) is 21.0. The molecule has 0 unspecified atom stereocenters. The Morgan fingerprint density at radius 3 is 2.48 bits per heavy atom. The smallest absolute Gasteiger partial charge is 0.335 e. The lowest BCUT2D eigenvalue weighted by molar-refractivity contribution is 0.0968. The van der Waals surface area contributed by atoms with Gasteiger partial charge in [-0.3, -0.25) is 14.8 Å². The highest BCUT2D eigenvalue weighted by Crippen LogP contribution is 2.34. The Labute approximate surface area is 167 Å². The van der Waals surface area contributed by atoms with Gasteiger partial charge in [-0.2, -0.15) is 13.4 Å². The molecule has 10 nitrogen and oxygen atoms in total. The van der Waals surface area contributed by atoms with Crippen LogP contribution < -0.4 is 24.2 Å². The number of carbonyl (C=O) groups is 2. The second-order valence-electron chi connectivity index (χ2n) is 6.28. The molecule has 154 valence electrons. The van der Waals surface area contributed by atoms with Gasteiger partial charge in [0.05, 0.1) is 19.9 Å². The van der Waals surface area contributed by atoms with Crippen LogP contribution in [0.4, 0.5) is 16.3 Å². The van der Waals surface area contributed by atoms with Crippen LogP contribution in [0.1, 0.15) is 23.2 Å². The zero-order valence-electron chi connectivity index (χ0n) is 15.8.